The molecule has 0 spiro atoms. The van der Waals surface area contributed by atoms with Crippen molar-refractivity contribution in [2.24, 2.45) is 11.3 Å². The van der Waals surface area contributed by atoms with Crippen molar-refractivity contribution in [3.05, 3.63) is 35.9 Å². The lowest BCUT2D eigenvalue weighted by molar-refractivity contribution is -0.151. The molecule has 0 fully saturated rings. The Morgan fingerprint density at radius 3 is 2.09 bits per heavy atom. The molecule has 0 bridgehead atoms. The van der Waals surface area contributed by atoms with Gasteiger partial charge in [0.15, 0.2) is 0 Å². The SMILES string of the molecule is COC(=O)CC(CC(=O)OCc1ccccc1)C(=O)C(C)(C)C. The van der Waals surface area contributed by atoms with Crippen molar-refractivity contribution in [2.75, 3.05) is 7.11 Å². The molecule has 126 valence electrons. The zero-order valence-corrected chi connectivity index (χ0v) is 14.1. The minimum atomic E-state index is -0.731. The molecule has 0 amide bonds. The van der Waals surface area contributed by atoms with Gasteiger partial charge in [-0.3, -0.25) is 14.4 Å². The lowest BCUT2D eigenvalue weighted by atomic mass is 9.80. The molecule has 23 heavy (non-hydrogen) atoms. The first kappa shape index (κ1) is 18.9. The lowest BCUT2D eigenvalue weighted by Gasteiger charge is -2.23. The molecule has 1 aromatic rings. The predicted octanol–water partition coefficient (Wildman–Crippen LogP) is 2.91. The molecular formula is C18H24O5. The molecule has 5 nitrogen and oxygen atoms in total. The van der Waals surface area contributed by atoms with Gasteiger partial charge in [0.25, 0.3) is 0 Å². The Labute approximate surface area is 137 Å². The molecule has 0 saturated heterocycles. The monoisotopic (exact) mass is 320 g/mol. The molecule has 5 heteroatoms. The van der Waals surface area contributed by atoms with E-state index in [1.54, 1.807) is 20.8 Å². The maximum absolute atomic E-state index is 12.4. The fourth-order valence-electron chi connectivity index (χ4n) is 2.15. The Morgan fingerprint density at radius 1 is 1.00 bits per heavy atom. The molecule has 1 atom stereocenters. The van der Waals surface area contributed by atoms with Crippen LogP contribution in [-0.2, 0) is 30.5 Å². The van der Waals surface area contributed by atoms with E-state index in [2.05, 4.69) is 4.74 Å². The highest BCUT2D eigenvalue weighted by Crippen LogP contribution is 2.25. The topological polar surface area (TPSA) is 69.7 Å². The summed E-state index contributed by atoms with van der Waals surface area (Å²) in [6.45, 7) is 5.42. The second-order valence-electron chi connectivity index (χ2n) is 6.44. The fourth-order valence-corrected chi connectivity index (χ4v) is 2.15. The van der Waals surface area contributed by atoms with E-state index in [4.69, 9.17) is 4.74 Å². The van der Waals surface area contributed by atoms with Gasteiger partial charge in [0.05, 0.1) is 20.0 Å². The zero-order valence-electron chi connectivity index (χ0n) is 14.1. The standard InChI is InChI=1S/C18H24O5/c1-18(2,3)17(21)14(10-15(19)22-4)11-16(20)23-12-13-8-6-5-7-9-13/h5-9,14H,10-12H2,1-4H3. The Kier molecular flexibility index (Phi) is 6.94. The normalized spacial score (nSPS) is 12.3. The van der Waals surface area contributed by atoms with Gasteiger partial charge < -0.3 is 9.47 Å². The summed E-state index contributed by atoms with van der Waals surface area (Å²) < 4.78 is 9.80. The van der Waals surface area contributed by atoms with Crippen LogP contribution in [0.4, 0.5) is 0 Å². The summed E-state index contributed by atoms with van der Waals surface area (Å²) in [5, 5.41) is 0. The second kappa shape index (κ2) is 8.46. The van der Waals surface area contributed by atoms with Crippen LogP contribution in [0.15, 0.2) is 30.3 Å². The number of rotatable bonds is 7. The summed E-state index contributed by atoms with van der Waals surface area (Å²) in [6.07, 6.45) is -0.245. The number of carbonyl (C=O) groups excluding carboxylic acids is 3. The van der Waals surface area contributed by atoms with Gasteiger partial charge in [-0.1, -0.05) is 51.1 Å². The number of hydrogen-bond donors (Lipinski definition) is 0. The van der Waals surface area contributed by atoms with Gasteiger partial charge in [-0.05, 0) is 5.56 Å². The first-order chi connectivity index (χ1) is 10.7. The van der Waals surface area contributed by atoms with Crippen molar-refractivity contribution in [3.63, 3.8) is 0 Å². The number of ether oxygens (including phenoxy) is 2. The average molecular weight is 320 g/mol. The quantitative estimate of drug-likeness (QED) is 0.723. The average Bonchev–Trinajstić information content (AvgIpc) is 2.51. The summed E-state index contributed by atoms with van der Waals surface area (Å²) in [5.41, 5.74) is 0.228. The summed E-state index contributed by atoms with van der Waals surface area (Å²) in [7, 11) is 1.26. The third kappa shape index (κ3) is 6.63. The molecule has 0 N–H and O–H groups in total. The maximum Gasteiger partial charge on any atom is 0.306 e. The van der Waals surface area contributed by atoms with Gasteiger partial charge >= 0.3 is 11.9 Å². The Bertz CT molecular complexity index is 542. The third-order valence-electron chi connectivity index (χ3n) is 3.41. The van der Waals surface area contributed by atoms with Crippen LogP contribution in [0.1, 0.15) is 39.2 Å². The van der Waals surface area contributed by atoms with Crippen LogP contribution >= 0.6 is 0 Å². The van der Waals surface area contributed by atoms with Crippen LogP contribution in [0.3, 0.4) is 0 Å². The molecule has 0 heterocycles. The van der Waals surface area contributed by atoms with Gasteiger partial charge in [-0.2, -0.15) is 0 Å². The van der Waals surface area contributed by atoms with Crippen molar-refractivity contribution in [1.29, 1.82) is 0 Å². The number of hydrogen-bond acceptors (Lipinski definition) is 5. The molecule has 0 saturated carbocycles. The third-order valence-corrected chi connectivity index (χ3v) is 3.41. The summed E-state index contributed by atoms with van der Waals surface area (Å²) in [4.78, 5) is 35.9. The van der Waals surface area contributed by atoms with Gasteiger partial charge in [0, 0.05) is 11.3 Å². The zero-order chi connectivity index (χ0) is 17.5. The molecule has 1 aromatic carbocycles. The van der Waals surface area contributed by atoms with E-state index < -0.39 is 23.3 Å². The molecule has 1 rings (SSSR count). The van der Waals surface area contributed by atoms with E-state index in [1.165, 1.54) is 7.11 Å². The van der Waals surface area contributed by atoms with E-state index in [0.29, 0.717) is 0 Å². The highest BCUT2D eigenvalue weighted by atomic mass is 16.5. The van der Waals surface area contributed by atoms with Gasteiger partial charge in [0.1, 0.15) is 12.4 Å². The van der Waals surface area contributed by atoms with Crippen LogP contribution in [0.2, 0.25) is 0 Å². The summed E-state index contributed by atoms with van der Waals surface area (Å²) >= 11 is 0. The maximum atomic E-state index is 12.4. The van der Waals surface area contributed by atoms with Crippen molar-refractivity contribution in [3.8, 4) is 0 Å². The van der Waals surface area contributed by atoms with E-state index in [9.17, 15) is 14.4 Å². The molecule has 0 aromatic heterocycles. The largest absolute Gasteiger partial charge is 0.469 e. The molecule has 0 radical (unpaired) electrons. The van der Waals surface area contributed by atoms with Crippen LogP contribution < -0.4 is 0 Å². The fraction of sp³-hybridized carbons (Fsp3) is 0.500. The Balaban J connectivity index is 2.66. The Hall–Kier alpha value is -2.17. The van der Waals surface area contributed by atoms with Crippen molar-refractivity contribution in [1.82, 2.24) is 0 Å². The van der Waals surface area contributed by atoms with Gasteiger partial charge in [-0.25, -0.2) is 0 Å². The second-order valence-corrected chi connectivity index (χ2v) is 6.44. The molecular weight excluding hydrogens is 296 g/mol. The van der Waals surface area contributed by atoms with Crippen LogP contribution in [0, 0.1) is 11.3 Å². The Morgan fingerprint density at radius 2 is 1.57 bits per heavy atom. The van der Waals surface area contributed by atoms with E-state index >= 15 is 0 Å². The number of methoxy groups -OCH3 is 1. The molecule has 0 aliphatic heterocycles. The summed E-state index contributed by atoms with van der Waals surface area (Å²) in [6, 6.07) is 9.28. The van der Waals surface area contributed by atoms with E-state index in [-0.39, 0.29) is 25.2 Å². The highest BCUT2D eigenvalue weighted by Gasteiger charge is 2.33. The number of carbonyl (C=O) groups is 3. The van der Waals surface area contributed by atoms with Crippen molar-refractivity contribution >= 4 is 17.7 Å². The smallest absolute Gasteiger partial charge is 0.306 e. The first-order valence-corrected chi connectivity index (χ1v) is 7.54. The van der Waals surface area contributed by atoms with Gasteiger partial charge in [-0.15, -0.1) is 0 Å². The molecule has 0 aliphatic rings. The lowest BCUT2D eigenvalue weighted by Crippen LogP contribution is -2.32. The minimum absolute atomic E-state index is 0.118. The minimum Gasteiger partial charge on any atom is -0.469 e. The van der Waals surface area contributed by atoms with Gasteiger partial charge in [0.2, 0.25) is 0 Å². The van der Waals surface area contributed by atoms with Crippen LogP contribution in [0.5, 0.6) is 0 Å². The number of Topliss-reactive ketones (excluding diaryl/α,β-unsaturated/α-hetero) is 1. The summed E-state index contributed by atoms with van der Waals surface area (Å²) in [5.74, 6) is -1.89. The number of esters is 2. The van der Waals surface area contributed by atoms with Crippen molar-refractivity contribution in [2.45, 2.75) is 40.2 Å². The van der Waals surface area contributed by atoms with E-state index in [1.807, 2.05) is 30.3 Å². The van der Waals surface area contributed by atoms with Crippen LogP contribution in [0.25, 0.3) is 0 Å². The highest BCUT2D eigenvalue weighted by molar-refractivity contribution is 5.91. The first-order valence-electron chi connectivity index (χ1n) is 7.54. The molecule has 1 unspecified atom stereocenters. The predicted molar refractivity (Wildman–Crippen MR) is 85.4 cm³/mol. The number of ketones is 1. The molecule has 0 aliphatic carbocycles. The van der Waals surface area contributed by atoms with Crippen molar-refractivity contribution < 1.29 is 23.9 Å². The number of benzene rings is 1. The van der Waals surface area contributed by atoms with Crippen LogP contribution in [-0.4, -0.2) is 24.8 Å². The van der Waals surface area contributed by atoms with E-state index in [0.717, 1.165) is 5.56 Å².